The van der Waals surface area contributed by atoms with E-state index in [1.807, 2.05) is 6.92 Å². The molecule has 0 radical (unpaired) electrons. The second-order valence-electron chi connectivity index (χ2n) is 4.57. The number of carboxylic acid groups (broad SMARTS) is 1. The Balaban J connectivity index is 2.77. The molecule has 0 aliphatic carbocycles. The molecule has 1 heterocycles. The van der Waals surface area contributed by atoms with Gasteiger partial charge in [0.15, 0.2) is 6.04 Å². The number of rotatable bonds is 5. The number of nitrogens with zero attached hydrogens (tertiary/aromatic N) is 2. The minimum atomic E-state index is -1.30. The summed E-state index contributed by atoms with van der Waals surface area (Å²) in [4.78, 5) is 22.7. The van der Waals surface area contributed by atoms with Crippen molar-refractivity contribution in [2.75, 3.05) is 0 Å². The molecule has 0 aliphatic heterocycles. The van der Waals surface area contributed by atoms with E-state index in [1.165, 1.54) is 6.92 Å². The molecule has 0 saturated heterocycles. The van der Waals surface area contributed by atoms with Crippen LogP contribution in [0.1, 0.15) is 23.9 Å². The molecule has 7 nitrogen and oxygen atoms in total. The normalized spacial score (nSPS) is 13.9. The fourth-order valence-electron chi connectivity index (χ4n) is 1.85. The van der Waals surface area contributed by atoms with Crippen molar-refractivity contribution in [3.05, 3.63) is 17.0 Å². The Bertz CT molecular complexity index is 493. The first kappa shape index (κ1) is 15.2. The van der Waals surface area contributed by atoms with Gasteiger partial charge in [-0.05, 0) is 20.8 Å². The first-order valence-corrected chi connectivity index (χ1v) is 5.93. The first-order chi connectivity index (χ1) is 8.73. The fourth-order valence-corrected chi connectivity index (χ4v) is 1.85. The van der Waals surface area contributed by atoms with E-state index in [1.54, 1.807) is 18.7 Å². The Morgan fingerprint density at radius 2 is 2.00 bits per heavy atom. The maximum Gasteiger partial charge on any atom is 0.328 e. The summed E-state index contributed by atoms with van der Waals surface area (Å²) in [5.74, 6) is -1.71. The quantitative estimate of drug-likeness (QED) is 0.670. The predicted molar refractivity (Wildman–Crippen MR) is 67.6 cm³/mol. The van der Waals surface area contributed by atoms with Gasteiger partial charge in [0, 0.05) is 18.3 Å². The molecule has 0 aromatic carbocycles. The number of carbonyl (C=O) groups excluding carboxylic acids is 1. The number of amides is 1. The zero-order valence-corrected chi connectivity index (χ0v) is 11.5. The average molecular weight is 269 g/mol. The number of aryl methyl sites for hydroxylation is 2. The van der Waals surface area contributed by atoms with E-state index in [0.717, 1.165) is 17.0 Å². The Morgan fingerprint density at radius 1 is 1.42 bits per heavy atom. The highest BCUT2D eigenvalue weighted by atomic mass is 16.4. The van der Waals surface area contributed by atoms with Gasteiger partial charge in [0.2, 0.25) is 5.91 Å². The number of hydrogen-bond acceptors (Lipinski definition) is 4. The maximum absolute atomic E-state index is 11.8. The number of carbonyl (C=O) groups is 2. The topological polar surface area (TPSA) is 104 Å². The van der Waals surface area contributed by atoms with Crippen LogP contribution in [0.2, 0.25) is 0 Å². The number of aromatic nitrogens is 2. The summed E-state index contributed by atoms with van der Waals surface area (Å²) >= 11 is 0. The van der Waals surface area contributed by atoms with Crippen LogP contribution >= 0.6 is 0 Å². The van der Waals surface area contributed by atoms with Gasteiger partial charge in [-0.25, -0.2) is 4.79 Å². The monoisotopic (exact) mass is 269 g/mol. The Morgan fingerprint density at radius 3 is 2.37 bits per heavy atom. The minimum absolute atomic E-state index is 0.0437. The van der Waals surface area contributed by atoms with E-state index in [-0.39, 0.29) is 6.42 Å². The van der Waals surface area contributed by atoms with E-state index < -0.39 is 24.0 Å². The van der Waals surface area contributed by atoms with Crippen LogP contribution in [0, 0.1) is 13.8 Å². The van der Waals surface area contributed by atoms with Crippen molar-refractivity contribution in [1.82, 2.24) is 15.1 Å². The number of hydrogen-bond donors (Lipinski definition) is 3. The number of aliphatic carboxylic acids is 1. The van der Waals surface area contributed by atoms with Crippen LogP contribution in [0.4, 0.5) is 0 Å². The van der Waals surface area contributed by atoms with Crippen LogP contribution < -0.4 is 5.32 Å². The number of aliphatic hydroxyl groups excluding tert-OH is 1. The second kappa shape index (κ2) is 5.83. The molecule has 19 heavy (non-hydrogen) atoms. The van der Waals surface area contributed by atoms with Gasteiger partial charge in [0.1, 0.15) is 0 Å². The molecule has 1 aromatic heterocycles. The highest BCUT2D eigenvalue weighted by molar-refractivity contribution is 5.85. The summed E-state index contributed by atoms with van der Waals surface area (Å²) in [5, 5.41) is 24.7. The molecule has 0 aliphatic rings. The lowest BCUT2D eigenvalue weighted by Gasteiger charge is -2.17. The van der Waals surface area contributed by atoms with Gasteiger partial charge >= 0.3 is 5.97 Å². The molecular weight excluding hydrogens is 250 g/mol. The molecule has 7 heteroatoms. The molecule has 1 amide bonds. The Labute approximate surface area is 111 Å². The summed E-state index contributed by atoms with van der Waals surface area (Å²) < 4.78 is 1.67. The molecule has 1 rings (SSSR count). The summed E-state index contributed by atoms with van der Waals surface area (Å²) in [5.41, 5.74) is 2.37. The molecule has 0 fully saturated rings. The summed E-state index contributed by atoms with van der Waals surface area (Å²) in [6, 6.07) is -1.30. The predicted octanol–water partition coefficient (Wildman–Crippen LogP) is -0.470. The van der Waals surface area contributed by atoms with Crippen molar-refractivity contribution in [2.45, 2.75) is 39.3 Å². The molecule has 0 bridgehead atoms. The van der Waals surface area contributed by atoms with Crippen molar-refractivity contribution in [3.63, 3.8) is 0 Å². The van der Waals surface area contributed by atoms with E-state index >= 15 is 0 Å². The molecule has 0 spiro atoms. The summed E-state index contributed by atoms with van der Waals surface area (Å²) in [6.07, 6.45) is -1.11. The van der Waals surface area contributed by atoms with Gasteiger partial charge in [-0.2, -0.15) is 5.10 Å². The first-order valence-electron chi connectivity index (χ1n) is 5.93. The van der Waals surface area contributed by atoms with Gasteiger partial charge in [-0.1, -0.05) is 0 Å². The maximum atomic E-state index is 11.8. The lowest BCUT2D eigenvalue weighted by atomic mass is 10.1. The van der Waals surface area contributed by atoms with Crippen LogP contribution in [0.15, 0.2) is 0 Å². The van der Waals surface area contributed by atoms with Crippen molar-refractivity contribution >= 4 is 11.9 Å². The van der Waals surface area contributed by atoms with Crippen molar-refractivity contribution in [1.29, 1.82) is 0 Å². The molecule has 2 atom stereocenters. The van der Waals surface area contributed by atoms with Gasteiger partial charge < -0.3 is 15.5 Å². The standard InChI is InChI=1S/C12H19N3O4/c1-6-9(7(2)15(4)14-6)5-10(17)13-11(8(3)16)12(18)19/h8,11,16H,5H2,1-4H3,(H,13,17)(H,18,19)/t8-,11+/m1/s1. The third kappa shape index (κ3) is 3.54. The molecule has 106 valence electrons. The SMILES string of the molecule is Cc1nn(C)c(C)c1CC(=O)N[C@H](C(=O)O)[C@@H](C)O. The van der Waals surface area contributed by atoms with Crippen molar-refractivity contribution in [2.24, 2.45) is 7.05 Å². The number of carboxylic acids is 1. The highest BCUT2D eigenvalue weighted by Crippen LogP contribution is 2.12. The number of aliphatic hydroxyl groups is 1. The van der Waals surface area contributed by atoms with E-state index in [2.05, 4.69) is 10.4 Å². The van der Waals surface area contributed by atoms with Crippen LogP contribution in [0.25, 0.3) is 0 Å². The molecule has 1 aromatic rings. The van der Waals surface area contributed by atoms with Crippen molar-refractivity contribution in [3.8, 4) is 0 Å². The van der Waals surface area contributed by atoms with Crippen molar-refractivity contribution < 1.29 is 19.8 Å². The third-order valence-corrected chi connectivity index (χ3v) is 3.06. The Hall–Kier alpha value is -1.89. The van der Waals surface area contributed by atoms with Gasteiger partial charge in [-0.15, -0.1) is 0 Å². The van der Waals surface area contributed by atoms with Gasteiger partial charge in [0.25, 0.3) is 0 Å². The Kier molecular flexibility index (Phi) is 4.66. The molecule has 0 saturated carbocycles. The molecule has 3 N–H and O–H groups in total. The van der Waals surface area contributed by atoms with Gasteiger partial charge in [-0.3, -0.25) is 9.48 Å². The zero-order chi connectivity index (χ0) is 14.7. The van der Waals surface area contributed by atoms with Crippen LogP contribution in [0.3, 0.4) is 0 Å². The molecule has 0 unspecified atom stereocenters. The minimum Gasteiger partial charge on any atom is -0.480 e. The third-order valence-electron chi connectivity index (χ3n) is 3.06. The lowest BCUT2D eigenvalue weighted by molar-refractivity contribution is -0.144. The number of nitrogens with one attached hydrogen (secondary N) is 1. The highest BCUT2D eigenvalue weighted by Gasteiger charge is 2.25. The molecular formula is C12H19N3O4. The largest absolute Gasteiger partial charge is 0.480 e. The average Bonchev–Trinajstić information content (AvgIpc) is 2.52. The smallest absolute Gasteiger partial charge is 0.328 e. The van der Waals surface area contributed by atoms with Crippen LogP contribution in [-0.2, 0) is 23.1 Å². The zero-order valence-electron chi connectivity index (χ0n) is 11.5. The van der Waals surface area contributed by atoms with Crippen LogP contribution in [0.5, 0.6) is 0 Å². The second-order valence-corrected chi connectivity index (χ2v) is 4.57. The van der Waals surface area contributed by atoms with E-state index in [4.69, 9.17) is 5.11 Å². The summed E-state index contributed by atoms with van der Waals surface area (Å²) in [7, 11) is 1.78. The summed E-state index contributed by atoms with van der Waals surface area (Å²) in [6.45, 7) is 4.95. The van der Waals surface area contributed by atoms with Crippen LogP contribution in [-0.4, -0.2) is 44.0 Å². The van der Waals surface area contributed by atoms with Gasteiger partial charge in [0.05, 0.1) is 18.2 Å². The van der Waals surface area contributed by atoms with E-state index in [9.17, 15) is 14.7 Å². The fraction of sp³-hybridized carbons (Fsp3) is 0.583. The lowest BCUT2D eigenvalue weighted by Crippen LogP contribution is -2.48. The van der Waals surface area contributed by atoms with E-state index in [0.29, 0.717) is 0 Å².